The van der Waals surface area contributed by atoms with Gasteiger partial charge in [0.1, 0.15) is 12.4 Å². The number of nitrogens with one attached hydrogen (secondary N) is 1. The van der Waals surface area contributed by atoms with Crippen LogP contribution in [0.4, 0.5) is 5.69 Å². The zero-order valence-electron chi connectivity index (χ0n) is 14.7. The average Bonchev–Trinajstić information content (AvgIpc) is 2.57. The van der Waals surface area contributed by atoms with Crippen molar-refractivity contribution >= 4 is 11.6 Å². The zero-order valence-corrected chi connectivity index (χ0v) is 14.7. The molecular formula is C20H26N2O2. The van der Waals surface area contributed by atoms with Crippen molar-refractivity contribution in [3.05, 3.63) is 59.7 Å². The van der Waals surface area contributed by atoms with E-state index in [1.807, 2.05) is 61.3 Å². The van der Waals surface area contributed by atoms with Gasteiger partial charge >= 0.3 is 0 Å². The summed E-state index contributed by atoms with van der Waals surface area (Å²) in [6.07, 6.45) is 0.901. The van der Waals surface area contributed by atoms with Gasteiger partial charge in [0.15, 0.2) is 0 Å². The van der Waals surface area contributed by atoms with E-state index in [2.05, 4.69) is 18.3 Å². The summed E-state index contributed by atoms with van der Waals surface area (Å²) >= 11 is 0. The van der Waals surface area contributed by atoms with E-state index < -0.39 is 0 Å². The van der Waals surface area contributed by atoms with Crippen LogP contribution in [0.15, 0.2) is 48.5 Å². The molecule has 1 amide bonds. The number of benzene rings is 2. The number of carbonyl (C=O) groups is 1. The number of carbonyl (C=O) groups excluding carboxylic acids is 1. The number of anilines is 1. The minimum atomic E-state index is 0.00112. The van der Waals surface area contributed by atoms with E-state index in [1.165, 1.54) is 5.56 Å². The van der Waals surface area contributed by atoms with E-state index >= 15 is 0 Å². The second kappa shape index (κ2) is 9.08. The van der Waals surface area contributed by atoms with Crippen LogP contribution in [0.25, 0.3) is 0 Å². The standard InChI is InChI=1S/C20H26N2O2/c1-4-17-10-8-9-16(2)20(17)21-19(23)15-22(3)13-14-24-18-11-6-5-7-12-18/h5-12H,4,13-15H2,1-3H3,(H,21,23). The lowest BCUT2D eigenvalue weighted by atomic mass is 10.1. The molecule has 2 aromatic rings. The second-order valence-electron chi connectivity index (χ2n) is 5.91. The Kier molecular flexibility index (Phi) is 6.82. The van der Waals surface area contributed by atoms with Crippen molar-refractivity contribution in [3.63, 3.8) is 0 Å². The molecule has 0 aromatic heterocycles. The molecule has 0 atom stereocenters. The van der Waals surface area contributed by atoms with Crippen LogP contribution in [0, 0.1) is 6.92 Å². The van der Waals surface area contributed by atoms with Gasteiger partial charge in [-0.3, -0.25) is 9.69 Å². The van der Waals surface area contributed by atoms with Gasteiger partial charge in [-0.05, 0) is 43.7 Å². The van der Waals surface area contributed by atoms with E-state index in [9.17, 15) is 4.79 Å². The fourth-order valence-electron chi connectivity index (χ4n) is 2.54. The number of nitrogens with zero attached hydrogens (tertiary/aromatic N) is 1. The molecule has 0 aliphatic carbocycles. The Morgan fingerprint density at radius 3 is 2.58 bits per heavy atom. The molecule has 4 nitrogen and oxygen atoms in total. The molecule has 4 heteroatoms. The first-order valence-electron chi connectivity index (χ1n) is 8.35. The molecule has 0 fully saturated rings. The van der Waals surface area contributed by atoms with E-state index in [4.69, 9.17) is 4.74 Å². The van der Waals surface area contributed by atoms with Crippen LogP contribution in [-0.4, -0.2) is 37.6 Å². The fraction of sp³-hybridized carbons (Fsp3) is 0.350. The zero-order chi connectivity index (χ0) is 17.4. The third-order valence-corrected chi connectivity index (χ3v) is 3.90. The van der Waals surface area contributed by atoms with E-state index in [-0.39, 0.29) is 5.91 Å². The molecule has 0 saturated carbocycles. The van der Waals surface area contributed by atoms with Crippen LogP contribution >= 0.6 is 0 Å². The molecular weight excluding hydrogens is 300 g/mol. The summed E-state index contributed by atoms with van der Waals surface area (Å²) in [6.45, 7) is 5.70. The third-order valence-electron chi connectivity index (χ3n) is 3.90. The number of rotatable bonds is 8. The van der Waals surface area contributed by atoms with Crippen LogP contribution in [0.1, 0.15) is 18.1 Å². The lowest BCUT2D eigenvalue weighted by Crippen LogP contribution is -2.33. The van der Waals surface area contributed by atoms with Gasteiger partial charge in [-0.15, -0.1) is 0 Å². The Morgan fingerprint density at radius 1 is 1.12 bits per heavy atom. The van der Waals surface area contributed by atoms with Gasteiger partial charge in [0.2, 0.25) is 5.91 Å². The fourth-order valence-corrected chi connectivity index (χ4v) is 2.54. The minimum absolute atomic E-state index is 0.00112. The molecule has 2 rings (SSSR count). The van der Waals surface area contributed by atoms with Crippen molar-refractivity contribution in [1.29, 1.82) is 0 Å². The van der Waals surface area contributed by atoms with Crippen molar-refractivity contribution in [1.82, 2.24) is 4.90 Å². The normalized spacial score (nSPS) is 10.7. The van der Waals surface area contributed by atoms with Crippen molar-refractivity contribution in [2.45, 2.75) is 20.3 Å². The van der Waals surface area contributed by atoms with Crippen LogP contribution in [-0.2, 0) is 11.2 Å². The molecule has 0 heterocycles. The topological polar surface area (TPSA) is 41.6 Å². The quantitative estimate of drug-likeness (QED) is 0.807. The maximum Gasteiger partial charge on any atom is 0.238 e. The van der Waals surface area contributed by atoms with Gasteiger partial charge in [0.05, 0.1) is 6.54 Å². The number of aryl methyl sites for hydroxylation is 2. The first-order chi connectivity index (χ1) is 11.6. The van der Waals surface area contributed by atoms with Crippen molar-refractivity contribution in [3.8, 4) is 5.75 Å². The van der Waals surface area contributed by atoms with E-state index in [0.29, 0.717) is 19.7 Å². The minimum Gasteiger partial charge on any atom is -0.492 e. The van der Waals surface area contributed by atoms with Crippen LogP contribution in [0.3, 0.4) is 0 Å². The summed E-state index contributed by atoms with van der Waals surface area (Å²) in [4.78, 5) is 14.2. The Morgan fingerprint density at radius 2 is 1.88 bits per heavy atom. The summed E-state index contributed by atoms with van der Waals surface area (Å²) in [5.41, 5.74) is 3.20. The largest absolute Gasteiger partial charge is 0.492 e. The lowest BCUT2D eigenvalue weighted by Gasteiger charge is -2.18. The Hall–Kier alpha value is -2.33. The molecule has 0 aliphatic rings. The monoisotopic (exact) mass is 326 g/mol. The number of hydrogen-bond donors (Lipinski definition) is 1. The molecule has 0 spiro atoms. The van der Waals surface area contributed by atoms with E-state index in [0.717, 1.165) is 23.4 Å². The van der Waals surface area contributed by atoms with Crippen molar-refractivity contribution in [2.75, 3.05) is 32.1 Å². The smallest absolute Gasteiger partial charge is 0.238 e. The maximum atomic E-state index is 12.3. The van der Waals surface area contributed by atoms with Crippen molar-refractivity contribution in [2.24, 2.45) is 0 Å². The van der Waals surface area contributed by atoms with Gasteiger partial charge in [-0.25, -0.2) is 0 Å². The van der Waals surface area contributed by atoms with Gasteiger partial charge in [0.25, 0.3) is 0 Å². The second-order valence-corrected chi connectivity index (χ2v) is 5.91. The Labute approximate surface area is 144 Å². The average molecular weight is 326 g/mol. The highest BCUT2D eigenvalue weighted by Gasteiger charge is 2.11. The Bertz CT molecular complexity index is 656. The first-order valence-corrected chi connectivity index (χ1v) is 8.35. The molecule has 0 aliphatic heterocycles. The summed E-state index contributed by atoms with van der Waals surface area (Å²) in [5.74, 6) is 0.851. The molecule has 2 aromatic carbocycles. The molecule has 0 unspecified atom stereocenters. The van der Waals surface area contributed by atoms with Gasteiger partial charge < -0.3 is 10.1 Å². The highest BCUT2D eigenvalue weighted by molar-refractivity contribution is 5.93. The summed E-state index contributed by atoms with van der Waals surface area (Å²) in [7, 11) is 1.92. The van der Waals surface area contributed by atoms with Crippen LogP contribution in [0.2, 0.25) is 0 Å². The summed E-state index contributed by atoms with van der Waals surface area (Å²) in [5, 5.41) is 3.05. The molecule has 1 N–H and O–H groups in total. The lowest BCUT2D eigenvalue weighted by molar-refractivity contribution is -0.117. The molecule has 24 heavy (non-hydrogen) atoms. The first kappa shape index (κ1) is 18.0. The van der Waals surface area contributed by atoms with E-state index in [1.54, 1.807) is 0 Å². The number of para-hydroxylation sites is 2. The summed E-state index contributed by atoms with van der Waals surface area (Å²) < 4.78 is 5.66. The SMILES string of the molecule is CCc1cccc(C)c1NC(=O)CN(C)CCOc1ccccc1. The van der Waals surface area contributed by atoms with Crippen LogP contribution in [0.5, 0.6) is 5.75 Å². The summed E-state index contributed by atoms with van der Waals surface area (Å²) in [6, 6.07) is 15.8. The van der Waals surface area contributed by atoms with Crippen LogP contribution < -0.4 is 10.1 Å². The predicted octanol–water partition coefficient (Wildman–Crippen LogP) is 3.51. The highest BCUT2D eigenvalue weighted by atomic mass is 16.5. The number of ether oxygens (including phenoxy) is 1. The van der Waals surface area contributed by atoms with Gasteiger partial charge in [-0.2, -0.15) is 0 Å². The maximum absolute atomic E-state index is 12.3. The number of likely N-dealkylation sites (N-methyl/N-ethyl adjacent to an activating group) is 1. The predicted molar refractivity (Wildman–Crippen MR) is 98.6 cm³/mol. The van der Waals surface area contributed by atoms with Crippen molar-refractivity contribution < 1.29 is 9.53 Å². The van der Waals surface area contributed by atoms with Gasteiger partial charge in [-0.1, -0.05) is 43.3 Å². The molecule has 0 radical (unpaired) electrons. The highest BCUT2D eigenvalue weighted by Crippen LogP contribution is 2.20. The Balaban J connectivity index is 1.80. The number of amides is 1. The third kappa shape index (κ3) is 5.39. The van der Waals surface area contributed by atoms with Gasteiger partial charge in [0, 0.05) is 12.2 Å². The number of hydrogen-bond acceptors (Lipinski definition) is 3. The molecule has 128 valence electrons. The molecule has 0 saturated heterocycles. The molecule has 0 bridgehead atoms.